The summed E-state index contributed by atoms with van der Waals surface area (Å²) in [6.45, 7) is 5.28. The Bertz CT molecular complexity index is 123. The molecular weight excluding hydrogens is 181 g/mol. The molecule has 0 aliphatic rings. The van der Waals surface area contributed by atoms with E-state index in [1.165, 1.54) is 0 Å². The molecule has 2 nitrogen and oxygen atoms in total. The Morgan fingerprint density at radius 2 is 1.69 bits per heavy atom. The second kappa shape index (κ2) is 6.21. The van der Waals surface area contributed by atoms with E-state index in [2.05, 4.69) is 10.6 Å². The molecule has 0 rings (SSSR count). The van der Waals surface area contributed by atoms with Gasteiger partial charge in [-0.1, -0.05) is 13.8 Å². The molecule has 0 saturated heterocycles. The predicted octanol–water partition coefficient (Wildman–Crippen LogP) is 1.53. The summed E-state index contributed by atoms with van der Waals surface area (Å²) < 4.78 is 34.9. The van der Waals surface area contributed by atoms with Crippen molar-refractivity contribution >= 4 is 0 Å². The molecule has 0 aromatic rings. The van der Waals surface area contributed by atoms with Gasteiger partial charge < -0.3 is 10.6 Å². The van der Waals surface area contributed by atoms with E-state index in [1.807, 2.05) is 13.8 Å². The largest absolute Gasteiger partial charge is 0.390 e. The number of hydrogen-bond acceptors (Lipinski definition) is 2. The van der Waals surface area contributed by atoms with E-state index < -0.39 is 12.6 Å². The van der Waals surface area contributed by atoms with E-state index in [0.717, 1.165) is 0 Å². The van der Waals surface area contributed by atoms with Crippen molar-refractivity contribution < 1.29 is 13.2 Å². The van der Waals surface area contributed by atoms with Gasteiger partial charge in [-0.2, -0.15) is 13.2 Å². The van der Waals surface area contributed by atoms with Gasteiger partial charge in [0.15, 0.2) is 0 Å². The van der Waals surface area contributed by atoms with Crippen LogP contribution < -0.4 is 10.6 Å². The van der Waals surface area contributed by atoms with Crippen molar-refractivity contribution in [2.75, 3.05) is 19.6 Å². The average molecular weight is 198 g/mol. The molecule has 0 amide bonds. The summed E-state index contributed by atoms with van der Waals surface area (Å²) in [4.78, 5) is 0. The van der Waals surface area contributed by atoms with Gasteiger partial charge in [0.05, 0.1) is 6.42 Å². The van der Waals surface area contributed by atoms with Crippen molar-refractivity contribution in [3.63, 3.8) is 0 Å². The van der Waals surface area contributed by atoms with Crippen LogP contribution in [0.15, 0.2) is 0 Å². The van der Waals surface area contributed by atoms with Crippen LogP contribution >= 0.6 is 0 Å². The topological polar surface area (TPSA) is 24.1 Å². The van der Waals surface area contributed by atoms with E-state index in [1.54, 1.807) is 0 Å². The summed E-state index contributed by atoms with van der Waals surface area (Å²) >= 11 is 0. The summed E-state index contributed by atoms with van der Waals surface area (Å²) in [6.07, 6.45) is -4.80. The van der Waals surface area contributed by atoms with Crippen LogP contribution in [0.4, 0.5) is 13.2 Å². The van der Waals surface area contributed by atoms with Crippen molar-refractivity contribution in [3.8, 4) is 0 Å². The highest BCUT2D eigenvalue weighted by molar-refractivity contribution is 4.58. The minimum Gasteiger partial charge on any atom is -0.315 e. The molecule has 0 spiro atoms. The van der Waals surface area contributed by atoms with Crippen molar-refractivity contribution in [2.45, 2.75) is 32.5 Å². The van der Waals surface area contributed by atoms with Gasteiger partial charge >= 0.3 is 6.18 Å². The van der Waals surface area contributed by atoms with Crippen LogP contribution in [-0.4, -0.2) is 31.9 Å². The summed E-state index contributed by atoms with van der Waals surface area (Å²) in [5, 5.41) is 5.81. The molecule has 0 fully saturated rings. The highest BCUT2D eigenvalue weighted by Crippen LogP contribution is 2.17. The SMILES string of the molecule is CC(C)NCCNCCC(F)(F)F. The zero-order chi connectivity index (χ0) is 10.3. The molecular formula is C8H17F3N2. The van der Waals surface area contributed by atoms with Gasteiger partial charge in [0.1, 0.15) is 0 Å². The zero-order valence-corrected chi connectivity index (χ0v) is 8.04. The van der Waals surface area contributed by atoms with Gasteiger partial charge in [-0.3, -0.25) is 0 Å². The molecule has 13 heavy (non-hydrogen) atoms. The Balaban J connectivity index is 3.09. The fourth-order valence-corrected chi connectivity index (χ4v) is 0.804. The maximum atomic E-state index is 11.6. The third-order valence-electron chi connectivity index (χ3n) is 1.44. The first-order valence-electron chi connectivity index (χ1n) is 4.42. The first-order valence-corrected chi connectivity index (χ1v) is 4.42. The van der Waals surface area contributed by atoms with Crippen LogP contribution in [0.1, 0.15) is 20.3 Å². The highest BCUT2D eigenvalue weighted by atomic mass is 19.4. The lowest BCUT2D eigenvalue weighted by atomic mass is 10.4. The van der Waals surface area contributed by atoms with E-state index in [9.17, 15) is 13.2 Å². The number of halogens is 3. The Morgan fingerprint density at radius 1 is 1.08 bits per heavy atom. The lowest BCUT2D eigenvalue weighted by Crippen LogP contribution is -2.33. The number of nitrogens with one attached hydrogen (secondary N) is 2. The van der Waals surface area contributed by atoms with Crippen molar-refractivity contribution in [2.24, 2.45) is 0 Å². The van der Waals surface area contributed by atoms with Gasteiger partial charge in [-0.25, -0.2) is 0 Å². The second-order valence-corrected chi connectivity index (χ2v) is 3.22. The standard InChI is InChI=1S/C8H17F3N2/c1-7(2)13-6-5-12-4-3-8(9,10)11/h7,12-13H,3-6H2,1-2H3. The quantitative estimate of drug-likeness (QED) is 0.632. The van der Waals surface area contributed by atoms with Crippen molar-refractivity contribution in [3.05, 3.63) is 0 Å². The molecule has 0 saturated carbocycles. The van der Waals surface area contributed by atoms with Crippen molar-refractivity contribution in [1.82, 2.24) is 10.6 Å². The lowest BCUT2D eigenvalue weighted by molar-refractivity contribution is -0.133. The van der Waals surface area contributed by atoms with E-state index in [4.69, 9.17) is 0 Å². The molecule has 5 heteroatoms. The third kappa shape index (κ3) is 11.7. The molecule has 0 aromatic carbocycles. The maximum absolute atomic E-state index is 11.6. The Hall–Kier alpha value is -0.290. The number of alkyl halides is 3. The van der Waals surface area contributed by atoms with Crippen LogP contribution in [0.5, 0.6) is 0 Å². The molecule has 0 aliphatic heterocycles. The van der Waals surface area contributed by atoms with Gasteiger partial charge in [-0.15, -0.1) is 0 Å². The van der Waals surface area contributed by atoms with Crippen LogP contribution in [0.3, 0.4) is 0 Å². The van der Waals surface area contributed by atoms with Gasteiger partial charge in [0.25, 0.3) is 0 Å². The first-order chi connectivity index (χ1) is 5.92. The van der Waals surface area contributed by atoms with Gasteiger partial charge in [0, 0.05) is 25.7 Å². The monoisotopic (exact) mass is 198 g/mol. The molecule has 0 bridgehead atoms. The second-order valence-electron chi connectivity index (χ2n) is 3.22. The molecule has 0 atom stereocenters. The smallest absolute Gasteiger partial charge is 0.315 e. The zero-order valence-electron chi connectivity index (χ0n) is 8.04. The minimum absolute atomic E-state index is 0.00325. The summed E-state index contributed by atoms with van der Waals surface area (Å²) in [6, 6.07) is 0.379. The summed E-state index contributed by atoms with van der Waals surface area (Å²) in [5.41, 5.74) is 0. The Morgan fingerprint density at radius 3 is 2.15 bits per heavy atom. The molecule has 0 heterocycles. The Labute approximate surface area is 76.9 Å². The number of hydrogen-bond donors (Lipinski definition) is 2. The average Bonchev–Trinajstić information content (AvgIpc) is 1.93. The van der Waals surface area contributed by atoms with Gasteiger partial charge in [0.2, 0.25) is 0 Å². The highest BCUT2D eigenvalue weighted by Gasteiger charge is 2.25. The van der Waals surface area contributed by atoms with Crippen LogP contribution in [0.25, 0.3) is 0 Å². The van der Waals surface area contributed by atoms with E-state index >= 15 is 0 Å². The molecule has 0 unspecified atom stereocenters. The minimum atomic E-state index is -4.04. The predicted molar refractivity (Wildman–Crippen MR) is 46.7 cm³/mol. The number of rotatable bonds is 6. The molecule has 0 aliphatic carbocycles. The van der Waals surface area contributed by atoms with Crippen molar-refractivity contribution in [1.29, 1.82) is 0 Å². The first kappa shape index (κ1) is 12.7. The fourth-order valence-electron chi connectivity index (χ4n) is 0.804. The van der Waals surface area contributed by atoms with Crippen LogP contribution in [0.2, 0.25) is 0 Å². The summed E-state index contributed by atoms with van der Waals surface area (Å²) in [5.74, 6) is 0. The lowest BCUT2D eigenvalue weighted by Gasteiger charge is -2.09. The van der Waals surface area contributed by atoms with E-state index in [0.29, 0.717) is 19.1 Å². The fraction of sp³-hybridized carbons (Fsp3) is 1.00. The van der Waals surface area contributed by atoms with Crippen LogP contribution in [-0.2, 0) is 0 Å². The maximum Gasteiger partial charge on any atom is 0.390 e. The normalized spacial score (nSPS) is 12.5. The van der Waals surface area contributed by atoms with E-state index in [-0.39, 0.29) is 6.54 Å². The molecule has 80 valence electrons. The van der Waals surface area contributed by atoms with Crippen LogP contribution in [0, 0.1) is 0 Å². The molecule has 0 radical (unpaired) electrons. The third-order valence-corrected chi connectivity index (χ3v) is 1.44. The molecule has 0 aromatic heterocycles. The molecule has 2 N–H and O–H groups in total. The Kier molecular flexibility index (Phi) is 6.07. The van der Waals surface area contributed by atoms with Gasteiger partial charge in [-0.05, 0) is 0 Å². The summed E-state index contributed by atoms with van der Waals surface area (Å²) in [7, 11) is 0.